The number of nitrogens with zero attached hydrogens (tertiary/aromatic N) is 5. The number of carbonyl (C=O) groups is 1. The Kier molecular flexibility index (Phi) is 7.13. The van der Waals surface area contributed by atoms with E-state index in [1.807, 2.05) is 40.5 Å². The number of thioether (sulfide) groups is 1. The second-order valence-corrected chi connectivity index (χ2v) is 12.5. The van der Waals surface area contributed by atoms with Crippen LogP contribution < -0.4 is 10.3 Å². The third kappa shape index (κ3) is 4.62. The van der Waals surface area contributed by atoms with E-state index in [-0.39, 0.29) is 22.8 Å². The van der Waals surface area contributed by atoms with Crippen molar-refractivity contribution in [3.05, 3.63) is 45.1 Å². The Labute approximate surface area is 233 Å². The number of ether oxygens (including phenoxy) is 3. The summed E-state index contributed by atoms with van der Waals surface area (Å²) in [7, 11) is 1.61. The number of hydrogen-bond donors (Lipinski definition) is 0. The first kappa shape index (κ1) is 26.3. The lowest BCUT2D eigenvalue weighted by Crippen LogP contribution is -2.44. The largest absolute Gasteiger partial charge is 0.497 e. The second kappa shape index (κ2) is 10.6. The van der Waals surface area contributed by atoms with E-state index in [2.05, 4.69) is 24.0 Å². The lowest BCUT2D eigenvalue weighted by Gasteiger charge is -2.28. The van der Waals surface area contributed by atoms with E-state index in [0.717, 1.165) is 15.3 Å². The molecule has 2 unspecified atom stereocenters. The number of aromatic nitrogens is 4. The molecule has 4 aromatic rings. The van der Waals surface area contributed by atoms with E-state index in [0.29, 0.717) is 73.0 Å². The number of amides is 1. The fourth-order valence-corrected chi connectivity index (χ4v) is 7.39. The van der Waals surface area contributed by atoms with Crippen LogP contribution in [0.4, 0.5) is 0 Å². The van der Waals surface area contributed by atoms with Crippen LogP contribution in [-0.4, -0.2) is 74.7 Å². The van der Waals surface area contributed by atoms with Crippen LogP contribution >= 0.6 is 23.1 Å². The number of carbonyl (C=O) groups excluding carboxylic acids is 1. The standard InChI is InChI=1S/C27H31N5O5S2/c1-15(2)20-13-19-21(14-37-20)39-25-22(19)24(34)31(17-5-7-18(35-4)8-6-17)26-28-29-27(32(25)26)38-16(3)23(33)30-9-11-36-12-10-30/h5-8,15-16,20H,9-14H2,1-4H3. The minimum absolute atomic E-state index is 0.0402. The number of rotatable bonds is 6. The van der Waals surface area contributed by atoms with Gasteiger partial charge in [0.15, 0.2) is 5.16 Å². The molecule has 206 valence electrons. The maximum Gasteiger partial charge on any atom is 0.268 e. The summed E-state index contributed by atoms with van der Waals surface area (Å²) in [5.41, 5.74) is 1.57. The molecule has 0 radical (unpaired) electrons. The van der Waals surface area contributed by atoms with E-state index in [1.165, 1.54) is 11.8 Å². The van der Waals surface area contributed by atoms with Gasteiger partial charge in [-0.1, -0.05) is 25.6 Å². The number of morpholine rings is 1. The van der Waals surface area contributed by atoms with Gasteiger partial charge in [-0.2, -0.15) is 0 Å². The Morgan fingerprint density at radius 1 is 1.15 bits per heavy atom. The SMILES string of the molecule is COc1ccc(-n2c(=O)c3c4c(sc3n3c(SC(C)C(=O)N5CCOCC5)nnc23)COC(C(C)C)C4)cc1. The molecule has 3 aromatic heterocycles. The Balaban J connectivity index is 1.52. The van der Waals surface area contributed by atoms with Crippen LogP contribution in [0.3, 0.4) is 0 Å². The summed E-state index contributed by atoms with van der Waals surface area (Å²) in [4.78, 5) is 31.1. The summed E-state index contributed by atoms with van der Waals surface area (Å²) in [5, 5.41) is 9.84. The summed E-state index contributed by atoms with van der Waals surface area (Å²) in [6, 6.07) is 7.33. The van der Waals surface area contributed by atoms with Gasteiger partial charge in [-0.15, -0.1) is 21.5 Å². The van der Waals surface area contributed by atoms with Gasteiger partial charge >= 0.3 is 0 Å². The van der Waals surface area contributed by atoms with E-state index in [1.54, 1.807) is 23.0 Å². The van der Waals surface area contributed by atoms with E-state index in [9.17, 15) is 9.59 Å². The number of thiophene rings is 1. The Bertz CT molecular complexity index is 1590. The maximum absolute atomic E-state index is 14.2. The van der Waals surface area contributed by atoms with Gasteiger partial charge in [-0.3, -0.25) is 9.59 Å². The molecule has 2 aliphatic heterocycles. The Hall–Kier alpha value is -2.93. The summed E-state index contributed by atoms with van der Waals surface area (Å²) >= 11 is 2.91. The molecule has 5 heterocycles. The number of benzene rings is 1. The molecule has 6 rings (SSSR count). The van der Waals surface area contributed by atoms with Crippen molar-refractivity contribution < 1.29 is 19.0 Å². The van der Waals surface area contributed by atoms with Crippen LogP contribution in [0.2, 0.25) is 0 Å². The number of fused-ring (bicyclic) bond motifs is 5. The smallest absolute Gasteiger partial charge is 0.268 e. The van der Waals surface area contributed by atoms with Crippen molar-refractivity contribution in [1.29, 1.82) is 0 Å². The maximum atomic E-state index is 14.2. The van der Waals surface area contributed by atoms with Gasteiger partial charge in [0.05, 0.1) is 49.4 Å². The topological polar surface area (TPSA) is 100 Å². The molecule has 1 fully saturated rings. The number of hydrogen-bond acceptors (Lipinski definition) is 9. The average Bonchev–Trinajstić information content (AvgIpc) is 3.54. The Morgan fingerprint density at radius 2 is 1.90 bits per heavy atom. The van der Waals surface area contributed by atoms with Crippen molar-refractivity contribution in [3.8, 4) is 11.4 Å². The zero-order valence-corrected chi connectivity index (χ0v) is 24.0. The molecule has 0 saturated carbocycles. The zero-order valence-electron chi connectivity index (χ0n) is 22.4. The summed E-state index contributed by atoms with van der Waals surface area (Å²) in [6.45, 7) is 8.90. The zero-order chi connectivity index (χ0) is 27.3. The van der Waals surface area contributed by atoms with Gasteiger partial charge in [0.25, 0.3) is 5.56 Å². The first-order valence-electron chi connectivity index (χ1n) is 13.1. The van der Waals surface area contributed by atoms with Crippen molar-refractivity contribution in [1.82, 2.24) is 24.1 Å². The highest BCUT2D eigenvalue weighted by atomic mass is 32.2. The fraction of sp³-hybridized carbons (Fsp3) is 0.481. The van der Waals surface area contributed by atoms with Crippen molar-refractivity contribution >= 4 is 45.0 Å². The molecular formula is C27H31N5O5S2. The molecule has 39 heavy (non-hydrogen) atoms. The van der Waals surface area contributed by atoms with Crippen LogP contribution in [0.5, 0.6) is 5.75 Å². The highest BCUT2D eigenvalue weighted by Crippen LogP contribution is 2.38. The van der Waals surface area contributed by atoms with Crippen LogP contribution in [0, 0.1) is 5.92 Å². The van der Waals surface area contributed by atoms with Crippen LogP contribution in [0.1, 0.15) is 31.2 Å². The molecule has 1 amide bonds. The van der Waals surface area contributed by atoms with E-state index in [4.69, 9.17) is 14.2 Å². The molecule has 0 aliphatic carbocycles. The van der Waals surface area contributed by atoms with Gasteiger partial charge in [-0.25, -0.2) is 8.97 Å². The predicted octanol–water partition coefficient (Wildman–Crippen LogP) is 3.54. The Morgan fingerprint density at radius 3 is 2.59 bits per heavy atom. The predicted molar refractivity (Wildman–Crippen MR) is 150 cm³/mol. The molecule has 0 bridgehead atoms. The van der Waals surface area contributed by atoms with Crippen molar-refractivity contribution in [2.45, 2.75) is 50.3 Å². The molecular weight excluding hydrogens is 538 g/mol. The van der Waals surface area contributed by atoms with Crippen LogP contribution in [0.25, 0.3) is 21.7 Å². The van der Waals surface area contributed by atoms with Gasteiger partial charge < -0.3 is 19.1 Å². The molecule has 2 aliphatic rings. The normalized spacial score (nSPS) is 18.6. The fourth-order valence-electron chi connectivity index (χ4n) is 5.16. The minimum Gasteiger partial charge on any atom is -0.497 e. The lowest BCUT2D eigenvalue weighted by molar-refractivity contribution is -0.134. The monoisotopic (exact) mass is 569 g/mol. The highest BCUT2D eigenvalue weighted by Gasteiger charge is 2.31. The van der Waals surface area contributed by atoms with Crippen molar-refractivity contribution in [2.24, 2.45) is 5.92 Å². The van der Waals surface area contributed by atoms with E-state index >= 15 is 0 Å². The number of methoxy groups -OCH3 is 1. The summed E-state index contributed by atoms with van der Waals surface area (Å²) in [5.74, 6) is 1.47. The molecule has 0 spiro atoms. The minimum atomic E-state index is -0.379. The van der Waals surface area contributed by atoms with Gasteiger partial charge in [0, 0.05) is 24.4 Å². The second-order valence-electron chi connectivity index (χ2n) is 10.1. The highest BCUT2D eigenvalue weighted by molar-refractivity contribution is 8.00. The third-order valence-electron chi connectivity index (χ3n) is 7.37. The molecule has 12 heteroatoms. The molecule has 1 saturated heterocycles. The van der Waals surface area contributed by atoms with Gasteiger partial charge in [-0.05, 0) is 42.7 Å². The van der Waals surface area contributed by atoms with Crippen molar-refractivity contribution in [3.63, 3.8) is 0 Å². The van der Waals surface area contributed by atoms with Crippen LogP contribution in [0.15, 0.2) is 34.2 Å². The summed E-state index contributed by atoms with van der Waals surface area (Å²) in [6.07, 6.45) is 0.716. The van der Waals surface area contributed by atoms with Crippen LogP contribution in [-0.2, 0) is 27.3 Å². The van der Waals surface area contributed by atoms with E-state index < -0.39 is 0 Å². The average molecular weight is 570 g/mol. The van der Waals surface area contributed by atoms with Gasteiger partial charge in [0.1, 0.15) is 10.6 Å². The molecule has 2 atom stereocenters. The summed E-state index contributed by atoms with van der Waals surface area (Å²) < 4.78 is 20.4. The first-order valence-corrected chi connectivity index (χ1v) is 14.8. The third-order valence-corrected chi connectivity index (χ3v) is 9.59. The molecule has 1 aromatic carbocycles. The van der Waals surface area contributed by atoms with Gasteiger partial charge in [0.2, 0.25) is 11.7 Å². The molecule has 0 N–H and O–H groups in total. The first-order chi connectivity index (χ1) is 18.9. The van der Waals surface area contributed by atoms with Crippen molar-refractivity contribution in [2.75, 3.05) is 33.4 Å². The lowest BCUT2D eigenvalue weighted by atomic mass is 9.96. The quantitative estimate of drug-likeness (QED) is 0.325. The molecule has 10 nitrogen and oxygen atoms in total.